The summed E-state index contributed by atoms with van der Waals surface area (Å²) in [5.41, 5.74) is 0.112. The molecule has 1 saturated carbocycles. The highest BCUT2D eigenvalue weighted by molar-refractivity contribution is 6.34. The molecule has 1 fully saturated rings. The van der Waals surface area contributed by atoms with Gasteiger partial charge in [-0.15, -0.1) is 0 Å². The molecule has 19 heavy (non-hydrogen) atoms. The summed E-state index contributed by atoms with van der Waals surface area (Å²) in [7, 11) is 0. The van der Waals surface area contributed by atoms with Crippen molar-refractivity contribution in [2.75, 3.05) is 6.54 Å². The summed E-state index contributed by atoms with van der Waals surface area (Å²) < 4.78 is 6.03. The molecule has 1 N–H and O–H groups in total. The minimum atomic E-state index is 0.112. The number of halogens is 2. The minimum Gasteiger partial charge on any atom is -0.488 e. The monoisotopic (exact) mass is 301 g/mol. The normalized spacial score (nSPS) is 24.9. The Morgan fingerprint density at radius 2 is 2.11 bits per heavy atom. The van der Waals surface area contributed by atoms with Gasteiger partial charge in [-0.3, -0.25) is 0 Å². The molecule has 2 nitrogen and oxygen atoms in total. The Balaban J connectivity index is 2.00. The smallest absolute Gasteiger partial charge is 0.139 e. The molecular weight excluding hydrogens is 281 g/mol. The van der Waals surface area contributed by atoms with Crippen LogP contribution in [0.1, 0.15) is 33.6 Å². The molecule has 0 heterocycles. The first-order valence-corrected chi connectivity index (χ1v) is 7.55. The van der Waals surface area contributed by atoms with Crippen LogP contribution in [-0.4, -0.2) is 18.7 Å². The van der Waals surface area contributed by atoms with Gasteiger partial charge in [0, 0.05) is 29.0 Å². The fraction of sp³-hybridized carbons (Fsp3) is 0.600. The molecule has 1 aromatic carbocycles. The van der Waals surface area contributed by atoms with Gasteiger partial charge in [-0.05, 0) is 25.1 Å². The van der Waals surface area contributed by atoms with Crippen LogP contribution in [0, 0.1) is 5.41 Å². The number of hydrogen-bond acceptors (Lipinski definition) is 2. The number of rotatable bonds is 5. The third-order valence-electron chi connectivity index (χ3n) is 3.98. The standard InChI is InChI=1S/C15H21Cl2NO/c1-4-7-18-13-9-14(15(13,2)3)19-12-8-10(16)5-6-11(12)17/h5-6,8,13-14,18H,4,7,9H2,1-3H3. The fourth-order valence-electron chi connectivity index (χ4n) is 2.47. The maximum atomic E-state index is 6.14. The Bertz CT molecular complexity index is 448. The summed E-state index contributed by atoms with van der Waals surface area (Å²) in [5, 5.41) is 4.83. The van der Waals surface area contributed by atoms with Crippen molar-refractivity contribution in [1.29, 1.82) is 0 Å². The highest BCUT2D eigenvalue weighted by atomic mass is 35.5. The van der Waals surface area contributed by atoms with Crippen molar-refractivity contribution in [3.8, 4) is 5.75 Å². The van der Waals surface area contributed by atoms with E-state index in [1.165, 1.54) is 0 Å². The van der Waals surface area contributed by atoms with Crippen LogP contribution in [0.25, 0.3) is 0 Å². The molecule has 0 saturated heterocycles. The van der Waals surface area contributed by atoms with E-state index in [1.54, 1.807) is 18.2 Å². The molecule has 4 heteroatoms. The summed E-state index contributed by atoms with van der Waals surface area (Å²) >= 11 is 12.1. The zero-order valence-corrected chi connectivity index (χ0v) is 13.2. The van der Waals surface area contributed by atoms with E-state index in [0.29, 0.717) is 21.8 Å². The van der Waals surface area contributed by atoms with Gasteiger partial charge in [0.15, 0.2) is 0 Å². The minimum absolute atomic E-state index is 0.112. The summed E-state index contributed by atoms with van der Waals surface area (Å²) in [6, 6.07) is 5.84. The lowest BCUT2D eigenvalue weighted by Gasteiger charge is -2.51. The molecule has 0 radical (unpaired) electrons. The third kappa shape index (κ3) is 3.18. The molecule has 0 bridgehead atoms. The van der Waals surface area contributed by atoms with Crippen LogP contribution in [0.15, 0.2) is 18.2 Å². The van der Waals surface area contributed by atoms with Crippen LogP contribution >= 0.6 is 23.2 Å². The topological polar surface area (TPSA) is 21.3 Å². The SMILES string of the molecule is CCCNC1CC(Oc2cc(Cl)ccc2Cl)C1(C)C. The molecule has 2 unspecified atom stereocenters. The predicted molar refractivity (Wildman–Crippen MR) is 81.4 cm³/mol. The van der Waals surface area contributed by atoms with Gasteiger partial charge in [-0.1, -0.05) is 44.0 Å². The lowest BCUT2D eigenvalue weighted by Crippen LogP contribution is -2.62. The first-order chi connectivity index (χ1) is 8.95. The Morgan fingerprint density at radius 3 is 2.74 bits per heavy atom. The lowest BCUT2D eigenvalue weighted by atomic mass is 9.64. The highest BCUT2D eigenvalue weighted by Crippen LogP contribution is 2.44. The Hall–Kier alpha value is -0.440. The molecule has 1 aliphatic rings. The summed E-state index contributed by atoms with van der Waals surface area (Å²) in [5.74, 6) is 0.682. The molecule has 1 aromatic rings. The summed E-state index contributed by atoms with van der Waals surface area (Å²) in [4.78, 5) is 0. The quantitative estimate of drug-likeness (QED) is 0.862. The van der Waals surface area contributed by atoms with E-state index in [0.717, 1.165) is 19.4 Å². The van der Waals surface area contributed by atoms with Gasteiger partial charge in [0.1, 0.15) is 11.9 Å². The lowest BCUT2D eigenvalue weighted by molar-refractivity contribution is -0.0545. The van der Waals surface area contributed by atoms with Gasteiger partial charge >= 0.3 is 0 Å². The van der Waals surface area contributed by atoms with Gasteiger partial charge in [0.05, 0.1) is 5.02 Å². The van der Waals surface area contributed by atoms with Crippen molar-refractivity contribution in [2.45, 2.75) is 45.8 Å². The van der Waals surface area contributed by atoms with Gasteiger partial charge in [-0.2, -0.15) is 0 Å². The average molecular weight is 302 g/mol. The Kier molecular flexibility index (Phi) is 4.65. The van der Waals surface area contributed by atoms with Crippen LogP contribution in [0.5, 0.6) is 5.75 Å². The van der Waals surface area contributed by atoms with Gasteiger partial charge in [0.25, 0.3) is 0 Å². The molecular formula is C15H21Cl2NO. The van der Waals surface area contributed by atoms with E-state index in [9.17, 15) is 0 Å². The first-order valence-electron chi connectivity index (χ1n) is 6.80. The Labute approximate surface area is 125 Å². The van der Waals surface area contributed by atoms with E-state index < -0.39 is 0 Å². The van der Waals surface area contributed by atoms with Crippen LogP contribution < -0.4 is 10.1 Å². The maximum absolute atomic E-state index is 6.14. The summed E-state index contributed by atoms with van der Waals surface area (Å²) in [6.45, 7) is 7.69. The molecule has 0 amide bonds. The second kappa shape index (κ2) is 5.90. The number of nitrogens with one attached hydrogen (secondary N) is 1. The largest absolute Gasteiger partial charge is 0.488 e. The second-order valence-electron chi connectivity index (χ2n) is 5.75. The molecule has 2 rings (SSSR count). The summed E-state index contributed by atoms with van der Waals surface area (Å²) in [6.07, 6.45) is 2.34. The van der Waals surface area contributed by atoms with E-state index in [4.69, 9.17) is 27.9 Å². The van der Waals surface area contributed by atoms with Gasteiger partial charge in [-0.25, -0.2) is 0 Å². The van der Waals surface area contributed by atoms with Crippen LogP contribution in [0.4, 0.5) is 0 Å². The second-order valence-corrected chi connectivity index (χ2v) is 6.59. The predicted octanol–water partition coefficient (Wildman–Crippen LogP) is 4.54. The van der Waals surface area contributed by atoms with Gasteiger partial charge in [0.2, 0.25) is 0 Å². The molecule has 0 aliphatic heterocycles. The van der Waals surface area contributed by atoms with Crippen molar-refractivity contribution < 1.29 is 4.74 Å². The third-order valence-corrected chi connectivity index (χ3v) is 4.53. The van der Waals surface area contributed by atoms with Crippen LogP contribution in [0.2, 0.25) is 10.0 Å². The number of ether oxygens (including phenoxy) is 1. The molecule has 1 aliphatic carbocycles. The first kappa shape index (κ1) is 15.0. The van der Waals surface area contributed by atoms with E-state index in [-0.39, 0.29) is 11.5 Å². The van der Waals surface area contributed by atoms with Crippen molar-refractivity contribution in [3.05, 3.63) is 28.2 Å². The number of hydrogen-bond donors (Lipinski definition) is 1. The van der Waals surface area contributed by atoms with Crippen molar-refractivity contribution in [3.63, 3.8) is 0 Å². The van der Waals surface area contributed by atoms with Crippen molar-refractivity contribution in [1.82, 2.24) is 5.32 Å². The molecule has 0 aromatic heterocycles. The van der Waals surface area contributed by atoms with E-state index in [1.807, 2.05) is 0 Å². The molecule has 106 valence electrons. The fourth-order valence-corrected chi connectivity index (χ4v) is 2.80. The zero-order chi connectivity index (χ0) is 14.0. The highest BCUT2D eigenvalue weighted by Gasteiger charge is 2.49. The van der Waals surface area contributed by atoms with E-state index in [2.05, 4.69) is 26.1 Å². The van der Waals surface area contributed by atoms with Gasteiger partial charge < -0.3 is 10.1 Å². The van der Waals surface area contributed by atoms with Crippen molar-refractivity contribution in [2.24, 2.45) is 5.41 Å². The molecule has 0 spiro atoms. The average Bonchev–Trinajstić information content (AvgIpc) is 2.36. The molecule has 2 atom stereocenters. The van der Waals surface area contributed by atoms with E-state index >= 15 is 0 Å². The van der Waals surface area contributed by atoms with Crippen LogP contribution in [-0.2, 0) is 0 Å². The van der Waals surface area contributed by atoms with Crippen molar-refractivity contribution >= 4 is 23.2 Å². The zero-order valence-electron chi connectivity index (χ0n) is 11.7. The Morgan fingerprint density at radius 1 is 1.37 bits per heavy atom. The number of benzene rings is 1. The van der Waals surface area contributed by atoms with Crippen LogP contribution in [0.3, 0.4) is 0 Å². The maximum Gasteiger partial charge on any atom is 0.139 e.